The van der Waals surface area contributed by atoms with Gasteiger partial charge in [-0.15, -0.1) is 0 Å². The number of carbonyl (C=O) groups is 1. The van der Waals surface area contributed by atoms with Gasteiger partial charge >= 0.3 is 16.4 Å². The van der Waals surface area contributed by atoms with E-state index in [2.05, 4.69) is 33.8 Å². The number of cyclic esters (lactones) is 1. The zero-order valence-electron chi connectivity index (χ0n) is 46.8. The third-order valence-electron chi connectivity index (χ3n) is 20.3. The van der Waals surface area contributed by atoms with Crippen LogP contribution in [0.15, 0.2) is 23.3 Å². The molecule has 8 fully saturated rings. The Morgan fingerprint density at radius 3 is 1.91 bits per heavy atom. The Morgan fingerprint density at radius 1 is 0.700 bits per heavy atom. The fourth-order valence-corrected chi connectivity index (χ4v) is 16.7. The summed E-state index contributed by atoms with van der Waals surface area (Å²) in [5.41, 5.74) is -1.18. The van der Waals surface area contributed by atoms with E-state index >= 15 is 0 Å². The van der Waals surface area contributed by atoms with Crippen LogP contribution in [-0.4, -0.2) is 231 Å². The van der Waals surface area contributed by atoms with Gasteiger partial charge in [0.15, 0.2) is 25.2 Å². The van der Waals surface area contributed by atoms with E-state index in [0.717, 1.165) is 37.7 Å². The zero-order valence-corrected chi connectivity index (χ0v) is 47.6. The van der Waals surface area contributed by atoms with Crippen LogP contribution in [0.25, 0.3) is 0 Å². The van der Waals surface area contributed by atoms with Crippen molar-refractivity contribution in [3.05, 3.63) is 23.3 Å². The number of aliphatic hydroxyl groups is 10. The van der Waals surface area contributed by atoms with Crippen molar-refractivity contribution in [2.75, 3.05) is 26.9 Å². The van der Waals surface area contributed by atoms with Gasteiger partial charge in [-0.25, -0.2) is 4.18 Å². The number of methoxy groups -OCH3 is 1. The molecule has 0 bridgehead atoms. The zero-order chi connectivity index (χ0) is 58.6. The van der Waals surface area contributed by atoms with E-state index in [4.69, 9.17) is 51.6 Å². The first-order valence-corrected chi connectivity index (χ1v) is 29.4. The Kier molecular flexibility index (Phi) is 18.0. The average Bonchev–Trinajstić information content (AvgIpc) is 2.40. The lowest BCUT2D eigenvalue weighted by molar-refractivity contribution is -0.389. The molecule has 0 amide bonds. The van der Waals surface area contributed by atoms with Crippen LogP contribution in [0, 0.1) is 39.4 Å². The second-order valence-corrected chi connectivity index (χ2v) is 26.5. The van der Waals surface area contributed by atoms with Gasteiger partial charge in [-0.05, 0) is 107 Å². The highest BCUT2D eigenvalue weighted by Gasteiger charge is 2.79. The monoisotopic (exact) mass is 1170 g/mol. The van der Waals surface area contributed by atoms with Gasteiger partial charge in [-0.3, -0.25) is 9.35 Å². The van der Waals surface area contributed by atoms with E-state index in [1.807, 2.05) is 26.8 Å². The standard InChI is InChI=1S/C54H86O25S/c1-23(2)11-10-16-53(8)31-14-18-52(7)25-12-13-30-50(4,5)33(15-17-51(30,6)26(25)19-32(57)54(31,52)49(65)78-53)74-48-44(36(60)29(22-70-48)79-80(66,67)68)77-45-38(62)37(61)41(24(3)71-45)75-47-40(64)43(35(59)28(21-56)73-47)76-46-39(63)42(69-9)34(58)27(20-55)72-46/h11,19,24-25,27-48,55-64H,10,12-18,20-22H2,1-9H3,(H,66,67,68)/t24-,25?,27-,28-,29-,30+,31-,32?,33+,34-,35-,36+,37-,38-,39-,40-,41-,42+,43+,44-,45+,46+,47+,48+,51-,52+,53+,54?/m1/s1. The van der Waals surface area contributed by atoms with Crippen LogP contribution >= 0.6 is 0 Å². The molecule has 9 rings (SSSR count). The normalized spacial score (nSPS) is 51.0. The highest BCUT2D eigenvalue weighted by Crippen LogP contribution is 2.76. The van der Waals surface area contributed by atoms with Crippen LogP contribution in [-0.2, 0) is 66.7 Å². The number of ether oxygens (including phenoxy) is 10. The molecular weight excluding hydrogens is 1080 g/mol. The molecule has 458 valence electrons. The van der Waals surface area contributed by atoms with Crippen LogP contribution < -0.4 is 0 Å². The van der Waals surface area contributed by atoms with Crippen molar-refractivity contribution in [2.45, 2.75) is 241 Å². The molecule has 5 heterocycles. The Balaban J connectivity index is 0.907. The molecule has 4 aliphatic carbocycles. The van der Waals surface area contributed by atoms with Gasteiger partial charge < -0.3 is 98.4 Å². The lowest BCUT2D eigenvalue weighted by Gasteiger charge is -2.64. The second kappa shape index (κ2) is 23.1. The summed E-state index contributed by atoms with van der Waals surface area (Å²) < 4.78 is 98.1. The molecule has 26 heteroatoms. The summed E-state index contributed by atoms with van der Waals surface area (Å²) in [5.74, 6) is -0.537. The number of rotatable bonds is 16. The quantitative estimate of drug-likeness (QED) is 0.0398. The minimum absolute atomic E-state index is 0.00689. The van der Waals surface area contributed by atoms with Gasteiger partial charge in [0, 0.05) is 13.0 Å². The Bertz CT molecular complexity index is 2390. The van der Waals surface area contributed by atoms with Crippen molar-refractivity contribution < 1.29 is 120 Å². The maximum Gasteiger partial charge on any atom is 0.397 e. The average molecular weight is 1170 g/mol. The number of hydrogen-bond donors (Lipinski definition) is 11. The van der Waals surface area contributed by atoms with E-state index in [9.17, 15) is 68.8 Å². The van der Waals surface area contributed by atoms with Crippen molar-refractivity contribution >= 4 is 16.4 Å². The molecule has 3 saturated carbocycles. The molecule has 25 nitrogen and oxygen atoms in total. The van der Waals surface area contributed by atoms with Crippen LogP contribution in [0.5, 0.6) is 0 Å². The van der Waals surface area contributed by atoms with Crippen LogP contribution in [0.3, 0.4) is 0 Å². The predicted octanol–water partition coefficient (Wildman–Crippen LogP) is -0.590. The van der Waals surface area contributed by atoms with Crippen LogP contribution in [0.2, 0.25) is 0 Å². The molecule has 28 atom stereocenters. The number of hydrogen-bond acceptors (Lipinski definition) is 24. The van der Waals surface area contributed by atoms with Crippen molar-refractivity contribution in [2.24, 2.45) is 39.4 Å². The number of carbonyl (C=O) groups excluding carboxylic acids is 1. The molecule has 9 aliphatic rings. The van der Waals surface area contributed by atoms with Crippen LogP contribution in [0.1, 0.15) is 107 Å². The first kappa shape index (κ1) is 62.6. The Morgan fingerprint density at radius 2 is 1.30 bits per heavy atom. The van der Waals surface area contributed by atoms with Gasteiger partial charge in [-0.1, -0.05) is 51.0 Å². The predicted molar refractivity (Wildman–Crippen MR) is 272 cm³/mol. The minimum atomic E-state index is -5.17. The molecule has 5 aliphatic heterocycles. The molecule has 0 aromatic rings. The topological polar surface area (TPSA) is 375 Å². The molecule has 1 spiro atoms. The Hall–Kier alpha value is -1.94. The number of fused-ring (bicyclic) bond motifs is 4. The lowest BCUT2D eigenvalue weighted by atomic mass is 9.40. The first-order valence-electron chi connectivity index (χ1n) is 28.1. The fraction of sp³-hybridized carbons (Fsp3) is 0.907. The summed E-state index contributed by atoms with van der Waals surface area (Å²) in [5, 5.41) is 112. The highest BCUT2D eigenvalue weighted by molar-refractivity contribution is 7.80. The molecule has 3 unspecified atom stereocenters. The summed E-state index contributed by atoms with van der Waals surface area (Å²) in [6.07, 6.45) is -24.1. The number of aliphatic hydroxyl groups excluding tert-OH is 10. The SMILES string of the molecule is CO[C@@H]1[C@@H](O)[C@H](O[C@@H]2[C@@H](O)[C@H](O[C@H]3[C@H](O)[C@@H](O)[C@H](O[C@H]4[C@H](O[C@H]5CC[C@]6(C)C7=CC(O)C89C(=O)O[C@@](C)(CCC=C(C)C)[C@H]8CC[C@@]9(C)C7CC[C@H]6C5(C)C)OC[C@@H](OS(=O)(=O)O)[C@@H]4O)O[C@@H]3C)O[C@H](CO)[C@H]2O)O[C@H](CO)[C@H]1O. The summed E-state index contributed by atoms with van der Waals surface area (Å²) in [6, 6.07) is 0. The van der Waals surface area contributed by atoms with E-state index in [0.29, 0.717) is 19.3 Å². The molecule has 0 aromatic heterocycles. The van der Waals surface area contributed by atoms with Crippen molar-refractivity contribution in [1.29, 1.82) is 0 Å². The second-order valence-electron chi connectivity index (χ2n) is 25.4. The van der Waals surface area contributed by atoms with Gasteiger partial charge in [-0.2, -0.15) is 8.42 Å². The Labute approximate surface area is 466 Å². The third-order valence-corrected chi connectivity index (χ3v) is 20.8. The minimum Gasteiger partial charge on any atom is -0.458 e. The summed E-state index contributed by atoms with van der Waals surface area (Å²) in [7, 11) is -3.99. The van der Waals surface area contributed by atoms with Gasteiger partial charge in [0.25, 0.3) is 0 Å². The smallest absolute Gasteiger partial charge is 0.397 e. The van der Waals surface area contributed by atoms with E-state index < -0.39 is 186 Å². The number of allylic oxidation sites excluding steroid dienone is 3. The molecule has 80 heavy (non-hydrogen) atoms. The van der Waals surface area contributed by atoms with Gasteiger partial charge in [0.05, 0.1) is 38.1 Å². The van der Waals surface area contributed by atoms with E-state index in [-0.39, 0.29) is 23.7 Å². The van der Waals surface area contributed by atoms with E-state index in [1.165, 1.54) is 19.6 Å². The van der Waals surface area contributed by atoms with Gasteiger partial charge in [0.1, 0.15) is 96.5 Å². The molecule has 11 N–H and O–H groups in total. The first-order chi connectivity index (χ1) is 37.4. The van der Waals surface area contributed by atoms with Gasteiger partial charge in [0.2, 0.25) is 0 Å². The maximum absolute atomic E-state index is 14.4. The largest absolute Gasteiger partial charge is 0.458 e. The lowest BCUT2D eigenvalue weighted by Crippen LogP contribution is -2.67. The van der Waals surface area contributed by atoms with Crippen molar-refractivity contribution in [3.8, 4) is 0 Å². The van der Waals surface area contributed by atoms with Crippen molar-refractivity contribution in [1.82, 2.24) is 0 Å². The summed E-state index contributed by atoms with van der Waals surface area (Å²) >= 11 is 0. The van der Waals surface area contributed by atoms with Crippen molar-refractivity contribution in [3.63, 3.8) is 0 Å². The molecule has 0 aromatic carbocycles. The summed E-state index contributed by atoms with van der Waals surface area (Å²) in [6.45, 7) is 13.8. The third kappa shape index (κ3) is 10.5. The highest BCUT2D eigenvalue weighted by atomic mass is 32.3. The van der Waals surface area contributed by atoms with Crippen LogP contribution in [0.4, 0.5) is 0 Å². The maximum atomic E-state index is 14.4. The van der Waals surface area contributed by atoms with E-state index in [1.54, 1.807) is 0 Å². The number of esters is 1. The fourth-order valence-electron chi connectivity index (χ4n) is 16.2. The summed E-state index contributed by atoms with van der Waals surface area (Å²) in [4.78, 5) is 14.4. The molecule has 0 radical (unpaired) electrons. The molecular formula is C54H86O25S. The molecule has 5 saturated heterocycles.